The summed E-state index contributed by atoms with van der Waals surface area (Å²) in [5.74, 6) is 0.833. The molecule has 2 aromatic rings. The summed E-state index contributed by atoms with van der Waals surface area (Å²) < 4.78 is 10.6. The molecule has 0 saturated heterocycles. The number of hydrogen-bond acceptors (Lipinski definition) is 4. The van der Waals surface area contributed by atoms with Crippen LogP contribution in [0.4, 0.5) is 0 Å². The van der Waals surface area contributed by atoms with Crippen molar-refractivity contribution in [2.75, 3.05) is 13.7 Å². The fourth-order valence-corrected chi connectivity index (χ4v) is 2.58. The average molecular weight is 289 g/mol. The molecule has 1 heterocycles. The van der Waals surface area contributed by atoms with Gasteiger partial charge in [-0.15, -0.1) is 0 Å². The predicted octanol–water partition coefficient (Wildman–Crippen LogP) is 3.60. The minimum Gasteiger partial charge on any atom is -0.469 e. The number of carbonyl (C=O) groups excluding carboxylic acids is 1. The first kappa shape index (κ1) is 15.6. The molecule has 0 aliphatic heterocycles. The molecule has 2 rings (SSSR count). The minimum absolute atomic E-state index is 0.130. The van der Waals surface area contributed by atoms with Crippen molar-refractivity contribution < 1.29 is 13.9 Å². The number of nitrogens with one attached hydrogen (secondary N) is 1. The van der Waals surface area contributed by atoms with Gasteiger partial charge in [0.15, 0.2) is 0 Å². The molecule has 0 fully saturated rings. The molecule has 0 aliphatic carbocycles. The molecule has 0 spiro atoms. The number of esters is 1. The number of methoxy groups -OCH3 is 1. The van der Waals surface area contributed by atoms with E-state index in [1.54, 1.807) is 0 Å². The van der Waals surface area contributed by atoms with Gasteiger partial charge in [-0.2, -0.15) is 0 Å². The molecule has 0 aliphatic rings. The van der Waals surface area contributed by atoms with E-state index in [1.807, 2.05) is 18.2 Å². The quantitative estimate of drug-likeness (QED) is 0.625. The van der Waals surface area contributed by atoms with Crippen LogP contribution in [0.15, 0.2) is 28.7 Å². The van der Waals surface area contributed by atoms with Crippen molar-refractivity contribution >= 4 is 16.9 Å². The minimum atomic E-state index is -0.164. The molecule has 114 valence electrons. The molecule has 4 nitrogen and oxygen atoms in total. The molecule has 1 N–H and O–H groups in total. The largest absolute Gasteiger partial charge is 0.469 e. The Bertz CT molecular complexity index is 603. The first-order chi connectivity index (χ1) is 10.2. The number of aryl methyl sites for hydroxylation is 1. The monoisotopic (exact) mass is 289 g/mol. The number of hydrogen-bond donors (Lipinski definition) is 1. The normalized spacial score (nSPS) is 12.5. The number of rotatable bonds is 7. The SMILES string of the molecule is CCc1c(C(C)NCCCC(=O)OC)oc2ccccc12. The zero-order chi connectivity index (χ0) is 15.2. The Hall–Kier alpha value is -1.81. The summed E-state index contributed by atoms with van der Waals surface area (Å²) in [6, 6.07) is 8.26. The lowest BCUT2D eigenvalue weighted by Gasteiger charge is -2.12. The van der Waals surface area contributed by atoms with Crippen LogP contribution in [-0.4, -0.2) is 19.6 Å². The smallest absolute Gasteiger partial charge is 0.305 e. The van der Waals surface area contributed by atoms with Gasteiger partial charge >= 0.3 is 5.97 Å². The van der Waals surface area contributed by atoms with Gasteiger partial charge in [0.25, 0.3) is 0 Å². The van der Waals surface area contributed by atoms with Crippen LogP contribution >= 0.6 is 0 Å². The second-order valence-electron chi connectivity index (χ2n) is 5.15. The lowest BCUT2D eigenvalue weighted by Crippen LogP contribution is -2.21. The highest BCUT2D eigenvalue weighted by Crippen LogP contribution is 2.30. The van der Waals surface area contributed by atoms with Gasteiger partial charge in [0.2, 0.25) is 0 Å². The van der Waals surface area contributed by atoms with Gasteiger partial charge in [-0.1, -0.05) is 25.1 Å². The van der Waals surface area contributed by atoms with Gasteiger partial charge in [0, 0.05) is 17.4 Å². The zero-order valence-corrected chi connectivity index (χ0v) is 12.9. The van der Waals surface area contributed by atoms with Gasteiger partial charge in [-0.25, -0.2) is 0 Å². The number of carbonyl (C=O) groups is 1. The molecular formula is C17H23NO3. The van der Waals surface area contributed by atoms with Crippen LogP contribution in [0, 0.1) is 0 Å². The zero-order valence-electron chi connectivity index (χ0n) is 12.9. The van der Waals surface area contributed by atoms with E-state index in [9.17, 15) is 4.79 Å². The van der Waals surface area contributed by atoms with Gasteiger partial charge in [0.05, 0.1) is 13.2 Å². The van der Waals surface area contributed by atoms with E-state index in [0.717, 1.165) is 30.7 Å². The van der Waals surface area contributed by atoms with Gasteiger partial charge in [-0.3, -0.25) is 4.79 Å². The molecule has 21 heavy (non-hydrogen) atoms. The summed E-state index contributed by atoms with van der Waals surface area (Å²) in [7, 11) is 1.42. The van der Waals surface area contributed by atoms with Gasteiger partial charge < -0.3 is 14.5 Å². The fourth-order valence-electron chi connectivity index (χ4n) is 2.58. The van der Waals surface area contributed by atoms with E-state index in [4.69, 9.17) is 4.42 Å². The Morgan fingerprint density at radius 1 is 1.38 bits per heavy atom. The van der Waals surface area contributed by atoms with Crippen molar-refractivity contribution in [2.24, 2.45) is 0 Å². The molecule has 0 amide bonds. The molecule has 4 heteroatoms. The van der Waals surface area contributed by atoms with Crippen LogP contribution in [0.3, 0.4) is 0 Å². The summed E-state index contributed by atoms with van der Waals surface area (Å²) >= 11 is 0. The van der Waals surface area contributed by atoms with Crippen molar-refractivity contribution in [3.8, 4) is 0 Å². The highest BCUT2D eigenvalue weighted by molar-refractivity contribution is 5.82. The Morgan fingerprint density at radius 3 is 2.86 bits per heavy atom. The maximum absolute atomic E-state index is 11.1. The van der Waals surface area contributed by atoms with Crippen LogP contribution < -0.4 is 5.32 Å². The van der Waals surface area contributed by atoms with Crippen molar-refractivity contribution in [3.63, 3.8) is 0 Å². The fraction of sp³-hybridized carbons (Fsp3) is 0.471. The molecule has 0 saturated carbocycles. The van der Waals surface area contributed by atoms with Gasteiger partial charge in [-0.05, 0) is 32.4 Å². The van der Waals surface area contributed by atoms with Crippen molar-refractivity contribution in [2.45, 2.75) is 39.2 Å². The molecule has 0 radical (unpaired) electrons. The van der Waals surface area contributed by atoms with E-state index < -0.39 is 0 Å². The van der Waals surface area contributed by atoms with Crippen LogP contribution in [0.2, 0.25) is 0 Å². The van der Waals surface area contributed by atoms with Crippen LogP contribution in [0.25, 0.3) is 11.0 Å². The standard InChI is InChI=1S/C17H23NO3/c1-4-13-14-8-5-6-9-15(14)21-17(13)12(2)18-11-7-10-16(19)20-3/h5-6,8-9,12,18H,4,7,10-11H2,1-3H3. The second kappa shape index (κ2) is 7.27. The maximum Gasteiger partial charge on any atom is 0.305 e. The third-order valence-corrected chi connectivity index (χ3v) is 3.71. The number of ether oxygens (including phenoxy) is 1. The predicted molar refractivity (Wildman–Crippen MR) is 83.3 cm³/mol. The number of furan rings is 1. The summed E-state index contributed by atoms with van der Waals surface area (Å²) in [6.45, 7) is 5.00. The average Bonchev–Trinajstić information content (AvgIpc) is 2.89. The topological polar surface area (TPSA) is 51.5 Å². The highest BCUT2D eigenvalue weighted by atomic mass is 16.5. The molecule has 1 unspecified atom stereocenters. The van der Waals surface area contributed by atoms with E-state index in [0.29, 0.717) is 6.42 Å². The Kier molecular flexibility index (Phi) is 5.39. The highest BCUT2D eigenvalue weighted by Gasteiger charge is 2.17. The third kappa shape index (κ3) is 3.64. The molecule has 1 aromatic carbocycles. The van der Waals surface area contributed by atoms with Crippen molar-refractivity contribution in [1.29, 1.82) is 0 Å². The Morgan fingerprint density at radius 2 is 2.14 bits per heavy atom. The third-order valence-electron chi connectivity index (χ3n) is 3.71. The lowest BCUT2D eigenvalue weighted by molar-refractivity contribution is -0.140. The van der Waals surface area contributed by atoms with Crippen LogP contribution in [-0.2, 0) is 16.0 Å². The summed E-state index contributed by atoms with van der Waals surface area (Å²) in [5, 5.41) is 4.61. The first-order valence-corrected chi connectivity index (χ1v) is 7.47. The summed E-state index contributed by atoms with van der Waals surface area (Å²) in [4.78, 5) is 11.1. The number of benzene rings is 1. The number of para-hydroxylation sites is 1. The Balaban J connectivity index is 2.02. The van der Waals surface area contributed by atoms with E-state index >= 15 is 0 Å². The Labute approximate surface area is 125 Å². The molecule has 1 atom stereocenters. The molecule has 0 bridgehead atoms. The second-order valence-corrected chi connectivity index (χ2v) is 5.15. The summed E-state index contributed by atoms with van der Waals surface area (Å²) in [5.41, 5.74) is 2.20. The maximum atomic E-state index is 11.1. The first-order valence-electron chi connectivity index (χ1n) is 7.47. The molecule has 1 aromatic heterocycles. The number of fused-ring (bicyclic) bond motifs is 1. The van der Waals surface area contributed by atoms with Crippen LogP contribution in [0.1, 0.15) is 44.1 Å². The summed E-state index contributed by atoms with van der Waals surface area (Å²) in [6.07, 6.45) is 2.15. The van der Waals surface area contributed by atoms with E-state index in [-0.39, 0.29) is 12.0 Å². The lowest BCUT2D eigenvalue weighted by atomic mass is 10.0. The van der Waals surface area contributed by atoms with Gasteiger partial charge in [0.1, 0.15) is 11.3 Å². The van der Waals surface area contributed by atoms with Crippen molar-refractivity contribution in [3.05, 3.63) is 35.6 Å². The molecular weight excluding hydrogens is 266 g/mol. The van der Waals surface area contributed by atoms with E-state index in [1.165, 1.54) is 18.1 Å². The van der Waals surface area contributed by atoms with E-state index in [2.05, 4.69) is 30.0 Å². The van der Waals surface area contributed by atoms with Crippen molar-refractivity contribution in [1.82, 2.24) is 5.32 Å². The van der Waals surface area contributed by atoms with Crippen LogP contribution in [0.5, 0.6) is 0 Å².